The molecule has 4 heteroatoms. The Bertz CT molecular complexity index is 441. The van der Waals surface area contributed by atoms with Gasteiger partial charge in [-0.3, -0.25) is 4.79 Å². The van der Waals surface area contributed by atoms with E-state index in [-0.39, 0.29) is 17.2 Å². The van der Waals surface area contributed by atoms with Gasteiger partial charge in [0.15, 0.2) is 0 Å². The Kier molecular flexibility index (Phi) is 3.96. The predicted octanol–water partition coefficient (Wildman–Crippen LogP) is 2.83. The topological polar surface area (TPSA) is 49.3 Å². The van der Waals surface area contributed by atoms with Crippen molar-refractivity contribution in [1.82, 2.24) is 5.32 Å². The molecule has 0 radical (unpaired) electrons. The molecule has 1 aromatic rings. The number of halogens is 1. The third-order valence-electron chi connectivity index (χ3n) is 2.12. The highest BCUT2D eigenvalue weighted by Gasteiger charge is 2.15. The first-order valence-corrected chi connectivity index (χ1v) is 5.31. The van der Waals surface area contributed by atoms with Crippen molar-refractivity contribution in [3.05, 3.63) is 34.9 Å². The van der Waals surface area contributed by atoms with Crippen LogP contribution in [-0.2, 0) is 0 Å². The summed E-state index contributed by atoms with van der Waals surface area (Å²) >= 11 is 5.88. The number of rotatable bonds is 3. The van der Waals surface area contributed by atoms with Gasteiger partial charge in [-0.2, -0.15) is 0 Å². The number of nitrogens with one attached hydrogen (secondary N) is 1. The largest absolute Gasteiger partial charge is 0.506 e. The highest BCUT2D eigenvalue weighted by molar-refractivity contribution is 6.31. The van der Waals surface area contributed by atoms with Crippen molar-refractivity contribution in [2.24, 2.45) is 0 Å². The molecule has 3 nitrogen and oxygen atoms in total. The Morgan fingerprint density at radius 3 is 2.56 bits per heavy atom. The number of amides is 1. The Morgan fingerprint density at radius 1 is 1.50 bits per heavy atom. The van der Waals surface area contributed by atoms with Gasteiger partial charge in [0.25, 0.3) is 5.91 Å². The van der Waals surface area contributed by atoms with Crippen LogP contribution in [0.1, 0.15) is 29.8 Å². The first-order valence-electron chi connectivity index (χ1n) is 4.94. The second-order valence-electron chi connectivity index (χ2n) is 3.49. The van der Waals surface area contributed by atoms with Crippen LogP contribution in [0.3, 0.4) is 0 Å². The Morgan fingerprint density at radius 2 is 2.06 bits per heavy atom. The molecule has 0 aliphatic rings. The van der Waals surface area contributed by atoms with Crippen LogP contribution in [0.4, 0.5) is 0 Å². The molecule has 0 fully saturated rings. The lowest BCUT2D eigenvalue weighted by Crippen LogP contribution is -2.22. The Labute approximate surface area is 99.7 Å². The lowest BCUT2D eigenvalue weighted by Gasteiger charge is -2.10. The zero-order valence-electron chi connectivity index (χ0n) is 9.30. The molecule has 0 saturated carbocycles. The minimum absolute atomic E-state index is 0.0807. The minimum Gasteiger partial charge on any atom is -0.506 e. The summed E-state index contributed by atoms with van der Waals surface area (Å²) in [6, 6.07) is 3.02. The zero-order chi connectivity index (χ0) is 12.3. The van der Waals surface area contributed by atoms with E-state index in [4.69, 9.17) is 11.6 Å². The summed E-state index contributed by atoms with van der Waals surface area (Å²) in [5.41, 5.74) is 1.33. The third kappa shape index (κ3) is 2.55. The molecule has 0 bridgehead atoms. The van der Waals surface area contributed by atoms with E-state index in [0.29, 0.717) is 22.7 Å². The van der Waals surface area contributed by atoms with Crippen molar-refractivity contribution in [2.75, 3.05) is 6.54 Å². The number of carbonyl (C=O) groups excluding carboxylic acids is 1. The van der Waals surface area contributed by atoms with Gasteiger partial charge in [0, 0.05) is 17.1 Å². The summed E-state index contributed by atoms with van der Waals surface area (Å²) in [4.78, 5) is 11.6. The molecule has 1 amide bonds. The SMILES string of the molecule is C=C(C)c1cc(Cl)cc(C(=O)NCC)c1O. The maximum absolute atomic E-state index is 11.6. The van der Waals surface area contributed by atoms with Crippen LogP contribution in [-0.4, -0.2) is 17.6 Å². The average molecular weight is 240 g/mol. The average Bonchev–Trinajstić information content (AvgIpc) is 2.20. The molecule has 86 valence electrons. The number of phenols is 1. The van der Waals surface area contributed by atoms with Crippen LogP contribution in [0.2, 0.25) is 5.02 Å². The normalized spacial score (nSPS) is 9.94. The van der Waals surface area contributed by atoms with Crippen LogP contribution in [0.15, 0.2) is 18.7 Å². The van der Waals surface area contributed by atoms with Crippen molar-refractivity contribution in [3.63, 3.8) is 0 Å². The fourth-order valence-electron chi connectivity index (χ4n) is 1.35. The number of aromatic hydroxyl groups is 1. The van der Waals surface area contributed by atoms with Crippen LogP contribution >= 0.6 is 11.6 Å². The second kappa shape index (κ2) is 5.03. The van der Waals surface area contributed by atoms with Crippen LogP contribution in [0.5, 0.6) is 5.75 Å². The quantitative estimate of drug-likeness (QED) is 0.852. The van der Waals surface area contributed by atoms with Crippen molar-refractivity contribution in [1.29, 1.82) is 0 Å². The summed E-state index contributed by atoms with van der Waals surface area (Å²) in [7, 11) is 0. The van der Waals surface area contributed by atoms with Crippen molar-refractivity contribution in [3.8, 4) is 5.75 Å². The standard InChI is InChI=1S/C12H14ClNO2/c1-4-14-12(16)10-6-8(13)5-9(7(2)3)11(10)15/h5-6,15H,2,4H2,1,3H3,(H,14,16). The van der Waals surface area contributed by atoms with Crippen LogP contribution in [0.25, 0.3) is 5.57 Å². The van der Waals surface area contributed by atoms with Gasteiger partial charge in [0.1, 0.15) is 5.75 Å². The molecule has 2 N–H and O–H groups in total. The Hall–Kier alpha value is -1.48. The zero-order valence-corrected chi connectivity index (χ0v) is 10.1. The number of allylic oxidation sites excluding steroid dienone is 1. The second-order valence-corrected chi connectivity index (χ2v) is 3.93. The molecule has 0 aromatic heterocycles. The molecule has 0 aliphatic carbocycles. The molecule has 0 spiro atoms. The van der Waals surface area contributed by atoms with E-state index in [0.717, 1.165) is 0 Å². The molecule has 0 saturated heterocycles. The van der Waals surface area contributed by atoms with Crippen molar-refractivity contribution < 1.29 is 9.90 Å². The molecule has 0 unspecified atom stereocenters. The molecule has 1 rings (SSSR count). The van der Waals surface area contributed by atoms with Gasteiger partial charge >= 0.3 is 0 Å². The maximum atomic E-state index is 11.6. The monoisotopic (exact) mass is 239 g/mol. The summed E-state index contributed by atoms with van der Waals surface area (Å²) in [5, 5.41) is 12.9. The number of carbonyl (C=O) groups is 1. The maximum Gasteiger partial charge on any atom is 0.255 e. The van der Waals surface area contributed by atoms with Gasteiger partial charge in [0.05, 0.1) is 5.56 Å². The van der Waals surface area contributed by atoms with E-state index in [2.05, 4.69) is 11.9 Å². The fourth-order valence-corrected chi connectivity index (χ4v) is 1.57. The van der Waals surface area contributed by atoms with E-state index in [1.807, 2.05) is 0 Å². The van der Waals surface area contributed by atoms with Gasteiger partial charge < -0.3 is 10.4 Å². The van der Waals surface area contributed by atoms with Crippen molar-refractivity contribution in [2.45, 2.75) is 13.8 Å². The first kappa shape index (κ1) is 12.6. The molecule has 0 heterocycles. The van der Waals surface area contributed by atoms with Gasteiger partial charge in [-0.05, 0) is 31.6 Å². The van der Waals surface area contributed by atoms with E-state index in [1.165, 1.54) is 6.07 Å². The molecular weight excluding hydrogens is 226 g/mol. The lowest BCUT2D eigenvalue weighted by atomic mass is 10.0. The van der Waals surface area contributed by atoms with Gasteiger partial charge in [0.2, 0.25) is 0 Å². The highest BCUT2D eigenvalue weighted by Crippen LogP contribution is 2.31. The molecule has 1 aromatic carbocycles. The number of hydrogen-bond acceptors (Lipinski definition) is 2. The molecule has 0 atom stereocenters. The smallest absolute Gasteiger partial charge is 0.255 e. The minimum atomic E-state index is -0.343. The van der Waals surface area contributed by atoms with E-state index in [1.54, 1.807) is 19.9 Å². The van der Waals surface area contributed by atoms with Crippen molar-refractivity contribution >= 4 is 23.1 Å². The van der Waals surface area contributed by atoms with E-state index in [9.17, 15) is 9.90 Å². The predicted molar refractivity (Wildman–Crippen MR) is 65.8 cm³/mol. The summed E-state index contributed by atoms with van der Waals surface area (Å²) in [5.74, 6) is -0.423. The van der Waals surface area contributed by atoms with Crippen LogP contribution in [0, 0.1) is 0 Å². The number of benzene rings is 1. The van der Waals surface area contributed by atoms with E-state index >= 15 is 0 Å². The van der Waals surface area contributed by atoms with Gasteiger partial charge in [-0.25, -0.2) is 0 Å². The fraction of sp³-hybridized carbons (Fsp3) is 0.250. The third-order valence-corrected chi connectivity index (χ3v) is 2.33. The number of hydrogen-bond donors (Lipinski definition) is 2. The van der Waals surface area contributed by atoms with Gasteiger partial charge in [-0.15, -0.1) is 0 Å². The van der Waals surface area contributed by atoms with Gasteiger partial charge in [-0.1, -0.05) is 18.2 Å². The highest BCUT2D eigenvalue weighted by atomic mass is 35.5. The summed E-state index contributed by atoms with van der Waals surface area (Å²) < 4.78 is 0. The lowest BCUT2D eigenvalue weighted by molar-refractivity contribution is 0.0953. The molecule has 16 heavy (non-hydrogen) atoms. The molecule has 0 aliphatic heterocycles. The molecular formula is C12H14ClNO2. The summed E-state index contributed by atoms with van der Waals surface area (Å²) in [6.45, 7) is 7.76. The Balaban J connectivity index is 3.29. The first-order chi connectivity index (χ1) is 7.47. The van der Waals surface area contributed by atoms with E-state index < -0.39 is 0 Å². The number of phenolic OH excluding ortho intramolecular Hbond substituents is 1. The van der Waals surface area contributed by atoms with Crippen LogP contribution < -0.4 is 5.32 Å². The summed E-state index contributed by atoms with van der Waals surface area (Å²) in [6.07, 6.45) is 0.